The molecule has 1 aromatic carbocycles. The van der Waals surface area contributed by atoms with Crippen molar-refractivity contribution in [2.75, 3.05) is 26.3 Å². The first-order valence-electron chi connectivity index (χ1n) is 9.87. The number of fused-ring (bicyclic) bond motifs is 3. The van der Waals surface area contributed by atoms with Crippen molar-refractivity contribution in [1.29, 1.82) is 5.26 Å². The summed E-state index contributed by atoms with van der Waals surface area (Å²) >= 11 is 0. The zero-order chi connectivity index (χ0) is 19.6. The van der Waals surface area contributed by atoms with Gasteiger partial charge in [-0.2, -0.15) is 5.26 Å². The number of H-pyrrole nitrogens is 1. The van der Waals surface area contributed by atoms with Gasteiger partial charge < -0.3 is 9.72 Å². The van der Waals surface area contributed by atoms with Crippen LogP contribution >= 0.6 is 0 Å². The van der Waals surface area contributed by atoms with Crippen molar-refractivity contribution in [2.24, 2.45) is 0 Å². The Bertz CT molecular complexity index is 1200. The number of nitrogens with one attached hydrogen (secondary N) is 1. The van der Waals surface area contributed by atoms with Crippen LogP contribution in [0.4, 0.5) is 0 Å². The first-order chi connectivity index (χ1) is 14.3. The molecule has 6 heteroatoms. The monoisotopic (exact) mass is 383 g/mol. The minimum Gasteiger partial charge on any atom is -0.380 e. The number of rotatable bonds is 3. The second-order valence-electron chi connectivity index (χ2n) is 7.41. The molecule has 0 saturated carbocycles. The third-order valence-electron chi connectivity index (χ3n) is 5.46. The number of ether oxygens (including phenoxy) is 1. The van der Waals surface area contributed by atoms with Gasteiger partial charge in [-0.3, -0.25) is 4.90 Å². The Morgan fingerprint density at radius 3 is 2.76 bits per heavy atom. The molecule has 0 unspecified atom stereocenters. The molecular weight excluding hydrogens is 362 g/mol. The molecule has 4 heterocycles. The van der Waals surface area contributed by atoms with E-state index in [1.54, 1.807) is 6.20 Å². The van der Waals surface area contributed by atoms with Crippen LogP contribution in [0.1, 0.15) is 17.7 Å². The van der Waals surface area contributed by atoms with Crippen LogP contribution in [0.5, 0.6) is 0 Å². The minimum atomic E-state index is 0.409. The molecule has 1 aliphatic heterocycles. The lowest BCUT2D eigenvalue weighted by atomic mass is 10.0. The van der Waals surface area contributed by atoms with Crippen LogP contribution in [0.2, 0.25) is 0 Å². The molecule has 0 spiro atoms. The van der Waals surface area contributed by atoms with Crippen LogP contribution in [0.3, 0.4) is 0 Å². The molecule has 0 amide bonds. The number of hydrogen-bond acceptors (Lipinski definition) is 5. The van der Waals surface area contributed by atoms with E-state index in [9.17, 15) is 0 Å². The van der Waals surface area contributed by atoms with Crippen LogP contribution < -0.4 is 0 Å². The molecular formula is C23H21N5O. The zero-order valence-corrected chi connectivity index (χ0v) is 16.1. The zero-order valence-electron chi connectivity index (χ0n) is 16.1. The number of nitrogens with zero attached hydrogens (tertiary/aromatic N) is 4. The number of benzene rings is 1. The number of nitriles is 1. The Labute approximate surface area is 168 Å². The van der Waals surface area contributed by atoms with Crippen LogP contribution in [-0.4, -0.2) is 46.2 Å². The van der Waals surface area contributed by atoms with Crippen molar-refractivity contribution in [3.05, 3.63) is 60.0 Å². The van der Waals surface area contributed by atoms with E-state index in [2.05, 4.69) is 56.3 Å². The molecule has 1 saturated heterocycles. The number of hydrogen-bond donors (Lipinski definition) is 1. The molecule has 4 aromatic rings. The lowest BCUT2D eigenvalue weighted by molar-refractivity contribution is 0.140. The average Bonchev–Trinajstić information content (AvgIpc) is 2.92. The summed E-state index contributed by atoms with van der Waals surface area (Å²) in [6.45, 7) is 4.71. The maximum Gasteiger partial charge on any atom is 0.141 e. The standard InChI is InChI=1S/C23H21N5O/c24-12-19-11-20-21-10-18(13-26-23(21)27-22(20)14-25-19)17-4-2-16(3-5-17)15-28-6-1-8-29-9-7-28/h2-5,10-11,13-14H,1,6-9,15H2,(H,26,27). The highest BCUT2D eigenvalue weighted by Gasteiger charge is 2.11. The molecule has 29 heavy (non-hydrogen) atoms. The van der Waals surface area contributed by atoms with Crippen LogP contribution in [0.15, 0.2) is 48.8 Å². The van der Waals surface area contributed by atoms with Crippen LogP contribution in [-0.2, 0) is 11.3 Å². The van der Waals surface area contributed by atoms with Gasteiger partial charge in [0, 0.05) is 48.8 Å². The van der Waals surface area contributed by atoms with Gasteiger partial charge in [-0.05, 0) is 29.7 Å². The fourth-order valence-electron chi connectivity index (χ4n) is 3.91. The van der Waals surface area contributed by atoms with Crippen molar-refractivity contribution in [1.82, 2.24) is 19.9 Å². The van der Waals surface area contributed by atoms with Crippen molar-refractivity contribution in [3.63, 3.8) is 0 Å². The molecule has 1 fully saturated rings. The topological polar surface area (TPSA) is 77.8 Å². The highest BCUT2D eigenvalue weighted by molar-refractivity contribution is 6.06. The fraction of sp³-hybridized carbons (Fsp3) is 0.261. The van der Waals surface area contributed by atoms with E-state index in [-0.39, 0.29) is 0 Å². The quantitative estimate of drug-likeness (QED) is 0.581. The molecule has 6 nitrogen and oxygen atoms in total. The number of pyridine rings is 2. The van der Waals surface area contributed by atoms with Crippen molar-refractivity contribution < 1.29 is 4.74 Å². The highest BCUT2D eigenvalue weighted by atomic mass is 16.5. The molecule has 0 atom stereocenters. The molecule has 0 aliphatic carbocycles. The smallest absolute Gasteiger partial charge is 0.141 e. The van der Waals surface area contributed by atoms with Gasteiger partial charge in [-0.15, -0.1) is 0 Å². The Morgan fingerprint density at radius 1 is 1.00 bits per heavy atom. The molecule has 1 N–H and O–H groups in total. The van der Waals surface area contributed by atoms with E-state index in [0.717, 1.165) is 72.3 Å². The Hall–Kier alpha value is -3.27. The summed E-state index contributed by atoms with van der Waals surface area (Å²) in [5.41, 5.74) is 5.60. The minimum absolute atomic E-state index is 0.409. The third kappa shape index (κ3) is 3.58. The van der Waals surface area contributed by atoms with E-state index in [0.29, 0.717) is 5.69 Å². The van der Waals surface area contributed by atoms with Crippen molar-refractivity contribution in [2.45, 2.75) is 13.0 Å². The highest BCUT2D eigenvalue weighted by Crippen LogP contribution is 2.29. The van der Waals surface area contributed by atoms with Crippen molar-refractivity contribution >= 4 is 21.9 Å². The second kappa shape index (κ2) is 7.63. The van der Waals surface area contributed by atoms with Gasteiger partial charge in [0.15, 0.2) is 0 Å². The van der Waals surface area contributed by atoms with Crippen molar-refractivity contribution in [3.8, 4) is 17.2 Å². The fourth-order valence-corrected chi connectivity index (χ4v) is 3.91. The van der Waals surface area contributed by atoms with E-state index >= 15 is 0 Å². The predicted octanol–water partition coefficient (Wildman–Crippen LogP) is 3.87. The maximum atomic E-state index is 9.15. The SMILES string of the molecule is N#Cc1cc2c(cn1)[nH]c1ncc(-c3ccc(CN4CCCOCC4)cc3)cc12. The Balaban J connectivity index is 1.44. The lowest BCUT2D eigenvalue weighted by Gasteiger charge is -2.19. The van der Waals surface area contributed by atoms with E-state index in [1.807, 2.05) is 12.3 Å². The predicted molar refractivity (Wildman–Crippen MR) is 112 cm³/mol. The normalized spacial score (nSPS) is 15.4. The summed E-state index contributed by atoms with van der Waals surface area (Å²) in [7, 11) is 0. The number of aromatic nitrogens is 3. The first-order valence-corrected chi connectivity index (χ1v) is 9.87. The second-order valence-corrected chi connectivity index (χ2v) is 7.41. The van der Waals surface area contributed by atoms with Gasteiger partial charge in [-0.25, -0.2) is 9.97 Å². The van der Waals surface area contributed by atoms with E-state index in [1.165, 1.54) is 5.56 Å². The number of aromatic amines is 1. The van der Waals surface area contributed by atoms with Crippen LogP contribution in [0.25, 0.3) is 33.1 Å². The summed E-state index contributed by atoms with van der Waals surface area (Å²) < 4.78 is 5.54. The van der Waals surface area contributed by atoms with E-state index in [4.69, 9.17) is 10.00 Å². The lowest BCUT2D eigenvalue weighted by Crippen LogP contribution is -2.25. The molecule has 5 rings (SSSR count). The summed E-state index contributed by atoms with van der Waals surface area (Å²) in [6, 6.07) is 14.7. The van der Waals surface area contributed by atoms with Crippen LogP contribution in [0, 0.1) is 11.3 Å². The van der Waals surface area contributed by atoms with Gasteiger partial charge in [0.2, 0.25) is 0 Å². The molecule has 1 aliphatic rings. The first kappa shape index (κ1) is 17.8. The van der Waals surface area contributed by atoms with Gasteiger partial charge >= 0.3 is 0 Å². The average molecular weight is 383 g/mol. The van der Waals surface area contributed by atoms with Gasteiger partial charge in [0.05, 0.1) is 18.3 Å². The van der Waals surface area contributed by atoms with Gasteiger partial charge in [0.25, 0.3) is 0 Å². The summed E-state index contributed by atoms with van der Waals surface area (Å²) in [6.07, 6.45) is 4.67. The summed E-state index contributed by atoms with van der Waals surface area (Å²) in [5, 5.41) is 11.1. The molecule has 144 valence electrons. The van der Waals surface area contributed by atoms with Gasteiger partial charge in [-0.1, -0.05) is 24.3 Å². The summed E-state index contributed by atoms with van der Waals surface area (Å²) in [5.74, 6) is 0. The Morgan fingerprint density at radius 2 is 1.90 bits per heavy atom. The van der Waals surface area contributed by atoms with Gasteiger partial charge in [0.1, 0.15) is 17.4 Å². The molecule has 0 bridgehead atoms. The van der Waals surface area contributed by atoms with E-state index < -0.39 is 0 Å². The maximum absolute atomic E-state index is 9.15. The molecule has 3 aromatic heterocycles. The Kier molecular flexibility index (Phi) is 4.68. The summed E-state index contributed by atoms with van der Waals surface area (Å²) in [4.78, 5) is 14.4. The molecule has 0 radical (unpaired) electrons. The third-order valence-corrected chi connectivity index (χ3v) is 5.46. The largest absolute Gasteiger partial charge is 0.380 e.